The van der Waals surface area contributed by atoms with Crippen LogP contribution in [0.2, 0.25) is 0 Å². The summed E-state index contributed by atoms with van der Waals surface area (Å²) in [6.07, 6.45) is 2.20. The van der Waals surface area contributed by atoms with Crippen molar-refractivity contribution >= 4 is 0 Å². The van der Waals surface area contributed by atoms with Crippen molar-refractivity contribution in [3.63, 3.8) is 0 Å². The lowest BCUT2D eigenvalue weighted by atomic mass is 10.3. The Balaban J connectivity index is 1.91. The molecule has 1 heterocycles. The molecular weight excluding hydrogens is 226 g/mol. The summed E-state index contributed by atoms with van der Waals surface area (Å²) in [7, 11) is 1.72. The fourth-order valence-corrected chi connectivity index (χ4v) is 1.67. The first-order valence-electron chi connectivity index (χ1n) is 6.13. The van der Waals surface area contributed by atoms with Gasteiger partial charge in [-0.3, -0.25) is 0 Å². The third-order valence-corrected chi connectivity index (χ3v) is 2.81. The summed E-state index contributed by atoms with van der Waals surface area (Å²) in [5, 5.41) is 7.83. The molecule has 0 aliphatic heterocycles. The number of aromatic nitrogens is 2. The molecule has 18 heavy (non-hydrogen) atoms. The van der Waals surface area contributed by atoms with E-state index in [0.29, 0.717) is 0 Å². The molecule has 0 fully saturated rings. The highest BCUT2D eigenvalue weighted by Crippen LogP contribution is 2.06. The third kappa shape index (κ3) is 3.42. The van der Waals surface area contributed by atoms with Crippen molar-refractivity contribution in [1.29, 1.82) is 0 Å². The maximum atomic E-state index is 5.17. The number of nitrogens with one attached hydrogen (secondary N) is 1. The standard InChI is InChI=1S/C14H19N3O/c1-12(18-2)10-15-11-13-8-9-17(16-13)14-6-4-3-5-7-14/h3-9,12,15H,10-11H2,1-2H3. The molecule has 0 amide bonds. The number of hydrogen-bond donors (Lipinski definition) is 1. The molecule has 1 atom stereocenters. The van der Waals surface area contributed by atoms with E-state index in [1.807, 2.05) is 54.2 Å². The summed E-state index contributed by atoms with van der Waals surface area (Å²) >= 11 is 0. The summed E-state index contributed by atoms with van der Waals surface area (Å²) in [4.78, 5) is 0. The second kappa shape index (κ2) is 6.33. The van der Waals surface area contributed by atoms with Crippen molar-refractivity contribution in [3.8, 4) is 5.69 Å². The number of nitrogens with zero attached hydrogens (tertiary/aromatic N) is 2. The average molecular weight is 245 g/mol. The molecule has 1 unspecified atom stereocenters. The highest BCUT2D eigenvalue weighted by molar-refractivity contribution is 5.30. The van der Waals surface area contributed by atoms with E-state index in [2.05, 4.69) is 10.4 Å². The first-order chi connectivity index (χ1) is 8.79. The van der Waals surface area contributed by atoms with Gasteiger partial charge in [-0.15, -0.1) is 0 Å². The minimum atomic E-state index is 0.223. The molecule has 1 aromatic carbocycles. The van der Waals surface area contributed by atoms with Crippen LogP contribution >= 0.6 is 0 Å². The van der Waals surface area contributed by atoms with Crippen LogP contribution in [-0.2, 0) is 11.3 Å². The Labute approximate surface area is 108 Å². The zero-order valence-corrected chi connectivity index (χ0v) is 10.8. The molecule has 2 rings (SSSR count). The van der Waals surface area contributed by atoms with Crippen molar-refractivity contribution < 1.29 is 4.74 Å². The molecule has 0 spiro atoms. The molecule has 2 aromatic rings. The third-order valence-electron chi connectivity index (χ3n) is 2.81. The summed E-state index contributed by atoms with van der Waals surface area (Å²) in [6.45, 7) is 3.62. The molecular formula is C14H19N3O. The molecule has 0 saturated carbocycles. The molecule has 0 aliphatic carbocycles. The summed E-state index contributed by atoms with van der Waals surface area (Å²) in [6, 6.07) is 12.1. The van der Waals surface area contributed by atoms with Crippen LogP contribution in [0.15, 0.2) is 42.6 Å². The van der Waals surface area contributed by atoms with Crippen molar-refractivity contribution in [2.24, 2.45) is 0 Å². The lowest BCUT2D eigenvalue weighted by molar-refractivity contribution is 0.117. The van der Waals surface area contributed by atoms with Gasteiger partial charge in [-0.25, -0.2) is 4.68 Å². The van der Waals surface area contributed by atoms with E-state index >= 15 is 0 Å². The van der Waals surface area contributed by atoms with Crippen molar-refractivity contribution in [2.75, 3.05) is 13.7 Å². The summed E-state index contributed by atoms with van der Waals surface area (Å²) < 4.78 is 7.06. The van der Waals surface area contributed by atoms with Gasteiger partial charge in [0.15, 0.2) is 0 Å². The van der Waals surface area contributed by atoms with Gasteiger partial charge in [-0.2, -0.15) is 5.10 Å². The normalized spacial score (nSPS) is 12.6. The SMILES string of the molecule is COC(C)CNCc1ccn(-c2ccccc2)n1. The summed E-state index contributed by atoms with van der Waals surface area (Å²) in [5.41, 5.74) is 2.11. The van der Waals surface area contributed by atoms with E-state index in [1.165, 1.54) is 0 Å². The highest BCUT2D eigenvalue weighted by atomic mass is 16.5. The largest absolute Gasteiger partial charge is 0.380 e. The van der Waals surface area contributed by atoms with E-state index in [9.17, 15) is 0 Å². The van der Waals surface area contributed by atoms with Crippen LogP contribution in [0.3, 0.4) is 0 Å². The van der Waals surface area contributed by atoms with E-state index in [0.717, 1.165) is 24.5 Å². The van der Waals surface area contributed by atoms with Crippen LogP contribution in [0.1, 0.15) is 12.6 Å². The molecule has 96 valence electrons. The predicted octanol–water partition coefficient (Wildman–Crippen LogP) is 2.00. The minimum Gasteiger partial charge on any atom is -0.380 e. The van der Waals surface area contributed by atoms with E-state index in [1.54, 1.807) is 7.11 Å². The van der Waals surface area contributed by atoms with Crippen LogP contribution < -0.4 is 5.32 Å². The zero-order valence-electron chi connectivity index (χ0n) is 10.8. The second-order valence-electron chi connectivity index (χ2n) is 4.26. The average Bonchev–Trinajstić information content (AvgIpc) is 2.88. The van der Waals surface area contributed by atoms with Crippen LogP contribution in [0.25, 0.3) is 5.69 Å². The topological polar surface area (TPSA) is 39.1 Å². The molecule has 0 radical (unpaired) electrons. The van der Waals surface area contributed by atoms with E-state index in [4.69, 9.17) is 4.74 Å². The van der Waals surface area contributed by atoms with Crippen molar-refractivity contribution in [2.45, 2.75) is 19.6 Å². The Hall–Kier alpha value is -1.65. The minimum absolute atomic E-state index is 0.223. The van der Waals surface area contributed by atoms with Gasteiger partial charge < -0.3 is 10.1 Å². The first-order valence-corrected chi connectivity index (χ1v) is 6.13. The molecule has 4 nitrogen and oxygen atoms in total. The number of ether oxygens (including phenoxy) is 1. The van der Waals surface area contributed by atoms with E-state index < -0.39 is 0 Å². The van der Waals surface area contributed by atoms with Crippen LogP contribution in [0.5, 0.6) is 0 Å². The van der Waals surface area contributed by atoms with Crippen molar-refractivity contribution in [3.05, 3.63) is 48.3 Å². The molecule has 0 aliphatic rings. The second-order valence-corrected chi connectivity index (χ2v) is 4.26. The zero-order chi connectivity index (χ0) is 12.8. The fraction of sp³-hybridized carbons (Fsp3) is 0.357. The lowest BCUT2D eigenvalue weighted by Crippen LogP contribution is -2.25. The van der Waals surface area contributed by atoms with Gasteiger partial charge in [0.2, 0.25) is 0 Å². The first kappa shape index (κ1) is 12.8. The van der Waals surface area contributed by atoms with Gasteiger partial charge in [0.05, 0.1) is 17.5 Å². The quantitative estimate of drug-likeness (QED) is 0.846. The van der Waals surface area contributed by atoms with Gasteiger partial charge in [0, 0.05) is 26.4 Å². The van der Waals surface area contributed by atoms with Gasteiger partial charge in [-0.1, -0.05) is 18.2 Å². The Morgan fingerprint density at radius 3 is 2.78 bits per heavy atom. The van der Waals surface area contributed by atoms with Crippen LogP contribution in [0, 0.1) is 0 Å². The van der Waals surface area contributed by atoms with Crippen LogP contribution in [0.4, 0.5) is 0 Å². The van der Waals surface area contributed by atoms with Gasteiger partial charge in [0.1, 0.15) is 0 Å². The Kier molecular flexibility index (Phi) is 4.50. The van der Waals surface area contributed by atoms with Gasteiger partial charge in [-0.05, 0) is 25.1 Å². The maximum Gasteiger partial charge on any atom is 0.0766 e. The number of methoxy groups -OCH3 is 1. The fourth-order valence-electron chi connectivity index (χ4n) is 1.67. The molecule has 1 N–H and O–H groups in total. The van der Waals surface area contributed by atoms with Crippen LogP contribution in [-0.4, -0.2) is 29.5 Å². The molecule has 0 bridgehead atoms. The van der Waals surface area contributed by atoms with Crippen molar-refractivity contribution in [1.82, 2.24) is 15.1 Å². The predicted molar refractivity (Wildman–Crippen MR) is 71.7 cm³/mol. The number of hydrogen-bond acceptors (Lipinski definition) is 3. The smallest absolute Gasteiger partial charge is 0.0766 e. The number of rotatable bonds is 6. The lowest BCUT2D eigenvalue weighted by Gasteiger charge is -2.09. The monoisotopic (exact) mass is 245 g/mol. The Morgan fingerprint density at radius 2 is 2.06 bits per heavy atom. The Morgan fingerprint density at radius 1 is 1.28 bits per heavy atom. The molecule has 4 heteroatoms. The van der Waals surface area contributed by atoms with Gasteiger partial charge in [0.25, 0.3) is 0 Å². The molecule has 1 aromatic heterocycles. The van der Waals surface area contributed by atoms with Gasteiger partial charge >= 0.3 is 0 Å². The highest BCUT2D eigenvalue weighted by Gasteiger charge is 2.02. The number of benzene rings is 1. The van der Waals surface area contributed by atoms with E-state index in [-0.39, 0.29) is 6.10 Å². The summed E-state index contributed by atoms with van der Waals surface area (Å²) in [5.74, 6) is 0. The Bertz CT molecular complexity index is 467. The maximum absolute atomic E-state index is 5.17. The molecule has 0 saturated heterocycles. The number of para-hydroxylation sites is 1.